The largest absolute Gasteiger partial charge is 0.354 e. The predicted molar refractivity (Wildman–Crippen MR) is 58.5 cm³/mol. The highest BCUT2D eigenvalue weighted by molar-refractivity contribution is 7.57. The van der Waals surface area contributed by atoms with Gasteiger partial charge in [0, 0.05) is 5.82 Å². The zero-order chi connectivity index (χ0) is 10.7. The van der Waals surface area contributed by atoms with E-state index in [1.54, 1.807) is 6.08 Å². The summed E-state index contributed by atoms with van der Waals surface area (Å²) in [4.78, 5) is 0. The average molecular weight is 224 g/mol. The van der Waals surface area contributed by atoms with Crippen LogP contribution in [0.5, 0.6) is 0 Å². The van der Waals surface area contributed by atoms with E-state index in [0.29, 0.717) is 6.61 Å². The monoisotopic (exact) mass is 224 g/mol. The lowest BCUT2D eigenvalue weighted by molar-refractivity contribution is 0.193. The lowest BCUT2D eigenvalue weighted by atomic mass is 10.2. The van der Waals surface area contributed by atoms with E-state index in [2.05, 4.69) is 0 Å². The van der Waals surface area contributed by atoms with Crippen molar-refractivity contribution in [2.45, 2.75) is 19.6 Å². The van der Waals surface area contributed by atoms with Gasteiger partial charge in [-0.2, -0.15) is 0 Å². The fourth-order valence-electron chi connectivity index (χ4n) is 1.34. The molecule has 1 aliphatic heterocycles. The van der Waals surface area contributed by atoms with E-state index in [0.717, 1.165) is 5.56 Å². The molecule has 0 aromatic heterocycles. The molecule has 0 N–H and O–H groups in total. The van der Waals surface area contributed by atoms with Crippen LogP contribution in [0.2, 0.25) is 0 Å². The van der Waals surface area contributed by atoms with Crippen LogP contribution in [0.4, 0.5) is 0 Å². The molecule has 1 aromatic carbocycles. The van der Waals surface area contributed by atoms with Crippen LogP contribution in [0, 0.1) is 0 Å². The number of benzene rings is 1. The van der Waals surface area contributed by atoms with Gasteiger partial charge in [-0.3, -0.25) is 9.09 Å². The van der Waals surface area contributed by atoms with E-state index in [4.69, 9.17) is 9.05 Å². The lowest BCUT2D eigenvalue weighted by Crippen LogP contribution is -1.97. The topological polar surface area (TPSA) is 35.5 Å². The lowest BCUT2D eigenvalue weighted by Gasteiger charge is -2.12. The van der Waals surface area contributed by atoms with Crippen molar-refractivity contribution in [3.63, 3.8) is 0 Å². The van der Waals surface area contributed by atoms with Gasteiger partial charge >= 0.3 is 7.60 Å². The summed E-state index contributed by atoms with van der Waals surface area (Å²) < 4.78 is 22.4. The maximum absolute atomic E-state index is 11.9. The second-order valence-electron chi connectivity index (χ2n) is 3.45. The maximum atomic E-state index is 11.9. The third-order valence-electron chi connectivity index (χ3n) is 2.11. The first-order chi connectivity index (χ1) is 7.18. The van der Waals surface area contributed by atoms with Crippen molar-refractivity contribution < 1.29 is 13.6 Å². The van der Waals surface area contributed by atoms with Gasteiger partial charge in [0.15, 0.2) is 0 Å². The molecule has 0 saturated carbocycles. The maximum Gasteiger partial charge on any atom is 0.354 e. The molecular formula is C11H13O3P. The summed E-state index contributed by atoms with van der Waals surface area (Å²) in [7, 11) is -2.97. The van der Waals surface area contributed by atoms with Crippen LogP contribution in [-0.2, 0) is 20.2 Å². The molecule has 1 aliphatic rings. The Labute approximate surface area is 89.3 Å². The summed E-state index contributed by atoms with van der Waals surface area (Å²) in [6.45, 7) is 2.15. The van der Waals surface area contributed by atoms with Crippen molar-refractivity contribution in [3.8, 4) is 0 Å². The van der Waals surface area contributed by atoms with Crippen LogP contribution in [-0.4, -0.2) is 6.10 Å². The summed E-state index contributed by atoms with van der Waals surface area (Å²) in [5.74, 6) is 1.53. The minimum atomic E-state index is -2.97. The third kappa shape index (κ3) is 2.78. The van der Waals surface area contributed by atoms with E-state index in [-0.39, 0.29) is 6.10 Å². The van der Waals surface area contributed by atoms with Crippen LogP contribution < -0.4 is 0 Å². The van der Waals surface area contributed by atoms with Gasteiger partial charge in [0.05, 0.1) is 12.7 Å². The van der Waals surface area contributed by atoms with Gasteiger partial charge in [0.1, 0.15) is 0 Å². The van der Waals surface area contributed by atoms with Gasteiger partial charge < -0.3 is 4.52 Å². The fourth-order valence-corrected chi connectivity index (χ4v) is 2.87. The molecule has 0 radical (unpaired) electrons. The summed E-state index contributed by atoms with van der Waals surface area (Å²) in [6, 6.07) is 9.62. The molecule has 80 valence electrons. The van der Waals surface area contributed by atoms with Crippen molar-refractivity contribution in [2.75, 3.05) is 0 Å². The van der Waals surface area contributed by atoms with Crippen LogP contribution in [0.15, 0.2) is 42.2 Å². The quantitative estimate of drug-likeness (QED) is 0.739. The Morgan fingerprint density at radius 2 is 2.13 bits per heavy atom. The molecule has 0 bridgehead atoms. The zero-order valence-corrected chi connectivity index (χ0v) is 9.39. The van der Waals surface area contributed by atoms with E-state index in [9.17, 15) is 4.57 Å². The van der Waals surface area contributed by atoms with Crippen molar-refractivity contribution in [1.82, 2.24) is 0 Å². The summed E-state index contributed by atoms with van der Waals surface area (Å²) in [6.07, 6.45) is 1.64. The first kappa shape index (κ1) is 10.6. The Hall–Kier alpha value is -0.890. The Kier molecular flexibility index (Phi) is 3.06. The van der Waals surface area contributed by atoms with Crippen LogP contribution in [0.1, 0.15) is 12.5 Å². The summed E-state index contributed by atoms with van der Waals surface area (Å²) in [5, 5.41) is 0. The molecule has 0 saturated heterocycles. The normalized spacial score (nSPS) is 29.5. The Morgan fingerprint density at radius 3 is 2.73 bits per heavy atom. The molecule has 1 heterocycles. The van der Waals surface area contributed by atoms with E-state index >= 15 is 0 Å². The Balaban J connectivity index is 1.95. The molecule has 1 aromatic rings. The molecular weight excluding hydrogens is 211 g/mol. The van der Waals surface area contributed by atoms with Gasteiger partial charge in [-0.25, -0.2) is 0 Å². The summed E-state index contributed by atoms with van der Waals surface area (Å²) >= 11 is 0. The number of hydrogen-bond donors (Lipinski definition) is 0. The van der Waals surface area contributed by atoms with Crippen LogP contribution in [0.25, 0.3) is 0 Å². The van der Waals surface area contributed by atoms with Crippen molar-refractivity contribution in [1.29, 1.82) is 0 Å². The predicted octanol–water partition coefficient (Wildman–Crippen LogP) is 3.33. The van der Waals surface area contributed by atoms with Crippen LogP contribution >= 0.6 is 7.60 Å². The van der Waals surface area contributed by atoms with E-state index < -0.39 is 7.60 Å². The third-order valence-corrected chi connectivity index (χ3v) is 3.76. The number of rotatable bonds is 3. The van der Waals surface area contributed by atoms with E-state index in [1.165, 1.54) is 5.82 Å². The Morgan fingerprint density at radius 1 is 1.40 bits per heavy atom. The summed E-state index contributed by atoms with van der Waals surface area (Å²) in [5.41, 5.74) is 0.990. The van der Waals surface area contributed by atoms with Crippen molar-refractivity contribution in [2.24, 2.45) is 0 Å². The second-order valence-corrected chi connectivity index (χ2v) is 5.30. The highest BCUT2D eigenvalue weighted by atomic mass is 31.2. The van der Waals surface area contributed by atoms with Crippen molar-refractivity contribution in [3.05, 3.63) is 47.8 Å². The zero-order valence-electron chi connectivity index (χ0n) is 8.50. The first-order valence-electron chi connectivity index (χ1n) is 4.84. The Bertz CT molecular complexity index is 400. The van der Waals surface area contributed by atoms with Crippen molar-refractivity contribution >= 4 is 7.60 Å². The van der Waals surface area contributed by atoms with Crippen LogP contribution in [0.3, 0.4) is 0 Å². The average Bonchev–Trinajstić information content (AvgIpc) is 2.58. The molecule has 2 unspecified atom stereocenters. The number of hydrogen-bond acceptors (Lipinski definition) is 3. The van der Waals surface area contributed by atoms with Gasteiger partial charge in [0.25, 0.3) is 0 Å². The molecule has 0 aliphatic carbocycles. The van der Waals surface area contributed by atoms with Gasteiger partial charge in [-0.15, -0.1) is 0 Å². The SMILES string of the molecule is CC1C=CP(=O)(OCc2ccccc2)O1. The molecule has 2 atom stereocenters. The second kappa shape index (κ2) is 4.31. The molecule has 2 rings (SSSR count). The smallest absolute Gasteiger partial charge is 0.301 e. The molecule has 0 amide bonds. The standard InChI is InChI=1S/C11H13O3P/c1-10-7-8-15(12,14-10)13-9-11-5-3-2-4-6-11/h2-8,10H,9H2,1H3. The molecule has 0 spiro atoms. The molecule has 15 heavy (non-hydrogen) atoms. The molecule has 0 fully saturated rings. The molecule has 3 nitrogen and oxygen atoms in total. The van der Waals surface area contributed by atoms with E-state index in [1.807, 2.05) is 37.3 Å². The minimum Gasteiger partial charge on any atom is -0.301 e. The highest BCUT2D eigenvalue weighted by Gasteiger charge is 2.28. The first-order valence-corrected chi connectivity index (χ1v) is 6.45. The van der Waals surface area contributed by atoms with Gasteiger partial charge in [-0.1, -0.05) is 30.3 Å². The van der Waals surface area contributed by atoms with Gasteiger partial charge in [0.2, 0.25) is 0 Å². The fraction of sp³-hybridized carbons (Fsp3) is 0.273. The molecule has 4 heteroatoms. The minimum absolute atomic E-state index is 0.119. The highest BCUT2D eigenvalue weighted by Crippen LogP contribution is 2.55. The van der Waals surface area contributed by atoms with Gasteiger partial charge in [-0.05, 0) is 18.6 Å².